The molecule has 0 atom stereocenters. The van der Waals surface area contributed by atoms with Gasteiger partial charge in [0.15, 0.2) is 0 Å². The van der Waals surface area contributed by atoms with Crippen molar-refractivity contribution in [2.24, 2.45) is 0 Å². The third-order valence-electron chi connectivity index (χ3n) is 3.42. The van der Waals surface area contributed by atoms with E-state index in [0.29, 0.717) is 22.2 Å². The minimum absolute atomic E-state index is 0.101. The lowest BCUT2D eigenvalue weighted by atomic mass is 10.1. The Morgan fingerprint density at radius 2 is 2.04 bits per heavy atom. The van der Waals surface area contributed by atoms with Crippen LogP contribution in [0.5, 0.6) is 5.75 Å². The molecule has 27 heavy (non-hydrogen) atoms. The molecule has 0 spiro atoms. The average Bonchev–Trinajstić information content (AvgIpc) is 2.58. The number of nitrogens with zero attached hydrogens (tertiary/aromatic N) is 2. The minimum atomic E-state index is -2.79. The van der Waals surface area contributed by atoms with Crippen molar-refractivity contribution < 1.29 is 13.5 Å². The molecular formula is C19H19Cl2F2N3O. The molecular weight excluding hydrogens is 395 g/mol. The number of benzene rings is 1. The van der Waals surface area contributed by atoms with Crippen LogP contribution in [0.1, 0.15) is 36.5 Å². The minimum Gasteiger partial charge on any atom is -0.435 e. The van der Waals surface area contributed by atoms with Crippen molar-refractivity contribution in [2.75, 3.05) is 0 Å². The van der Waals surface area contributed by atoms with Crippen molar-refractivity contribution in [3.05, 3.63) is 57.3 Å². The summed E-state index contributed by atoms with van der Waals surface area (Å²) in [5.74, 6) is 0.214. The van der Waals surface area contributed by atoms with Crippen LogP contribution in [0.4, 0.5) is 8.78 Å². The highest BCUT2D eigenvalue weighted by molar-refractivity contribution is 6.30. The highest BCUT2D eigenvalue weighted by atomic mass is 35.5. The lowest BCUT2D eigenvalue weighted by Gasteiger charge is -2.09. The molecule has 1 aromatic carbocycles. The van der Waals surface area contributed by atoms with E-state index in [0.717, 1.165) is 17.5 Å². The van der Waals surface area contributed by atoms with E-state index < -0.39 is 6.61 Å². The number of pyridine rings is 1. The van der Waals surface area contributed by atoms with Crippen LogP contribution in [0.15, 0.2) is 30.5 Å². The van der Waals surface area contributed by atoms with Gasteiger partial charge < -0.3 is 10.1 Å². The van der Waals surface area contributed by atoms with Crippen molar-refractivity contribution >= 4 is 28.9 Å². The van der Waals surface area contributed by atoms with Crippen LogP contribution in [0.2, 0.25) is 10.2 Å². The fourth-order valence-corrected chi connectivity index (χ4v) is 2.64. The Kier molecular flexibility index (Phi) is 9.70. The van der Waals surface area contributed by atoms with Gasteiger partial charge in [-0.3, -0.25) is 0 Å². The summed E-state index contributed by atoms with van der Waals surface area (Å²) in [5, 5.41) is 16.9. The Morgan fingerprint density at radius 1 is 1.33 bits per heavy atom. The number of nitriles is 1. The quantitative estimate of drug-likeness (QED) is 0.451. The number of aryl methyl sites for hydroxylation is 2. The largest absolute Gasteiger partial charge is 0.435 e. The molecule has 8 heteroatoms. The first-order valence-electron chi connectivity index (χ1n) is 8.08. The number of aromatic nitrogens is 1. The van der Waals surface area contributed by atoms with Crippen LogP contribution in [-0.2, 0) is 6.42 Å². The standard InChI is InChI=1S/C10H11ClF2O.C9H8ClN3/c1-2-3-7-6-8(11)4-5-9(7)14-10(12)13;1-6-4-9(10)13-5-7(6)8(12)2-3-11/h4-6,10H,2-3H2,1H3;4-5,12H,2H2,1H3. The number of halogens is 4. The lowest BCUT2D eigenvalue weighted by Crippen LogP contribution is -2.04. The number of alkyl halides is 2. The van der Waals surface area contributed by atoms with Crippen LogP contribution in [0.3, 0.4) is 0 Å². The number of rotatable bonds is 6. The Hall–Kier alpha value is -2.23. The number of ether oxygens (including phenoxy) is 1. The Labute approximate surface area is 167 Å². The predicted molar refractivity (Wildman–Crippen MR) is 103 cm³/mol. The molecule has 0 fully saturated rings. The van der Waals surface area contributed by atoms with E-state index in [2.05, 4.69) is 9.72 Å². The Morgan fingerprint density at radius 3 is 2.59 bits per heavy atom. The molecule has 2 aromatic rings. The van der Waals surface area contributed by atoms with Crippen molar-refractivity contribution in [2.45, 2.75) is 39.7 Å². The van der Waals surface area contributed by atoms with Gasteiger partial charge in [-0.05, 0) is 48.7 Å². The summed E-state index contributed by atoms with van der Waals surface area (Å²) in [6, 6.07) is 8.27. The molecule has 1 aromatic heterocycles. The zero-order chi connectivity index (χ0) is 20.4. The Bertz CT molecular complexity index is 823. The van der Waals surface area contributed by atoms with E-state index in [9.17, 15) is 8.78 Å². The van der Waals surface area contributed by atoms with Crippen LogP contribution < -0.4 is 4.74 Å². The number of hydrogen-bond donors (Lipinski definition) is 1. The molecule has 0 aliphatic carbocycles. The molecule has 0 amide bonds. The van der Waals surface area contributed by atoms with E-state index in [4.69, 9.17) is 33.9 Å². The fourth-order valence-electron chi connectivity index (χ4n) is 2.24. The number of nitrogens with one attached hydrogen (secondary N) is 1. The molecule has 0 bridgehead atoms. The van der Waals surface area contributed by atoms with Gasteiger partial charge >= 0.3 is 6.61 Å². The summed E-state index contributed by atoms with van der Waals surface area (Å²) in [4.78, 5) is 3.86. The monoisotopic (exact) mass is 413 g/mol. The molecule has 0 aliphatic rings. The summed E-state index contributed by atoms with van der Waals surface area (Å²) in [7, 11) is 0. The second kappa shape index (κ2) is 11.5. The molecule has 0 radical (unpaired) electrons. The summed E-state index contributed by atoms with van der Waals surface area (Å²) < 4.78 is 28.3. The zero-order valence-electron chi connectivity index (χ0n) is 14.9. The predicted octanol–water partition coefficient (Wildman–Crippen LogP) is 6.22. The van der Waals surface area contributed by atoms with Crippen molar-refractivity contribution in [1.29, 1.82) is 10.7 Å². The first-order chi connectivity index (χ1) is 12.8. The first kappa shape index (κ1) is 22.8. The number of hydrogen-bond acceptors (Lipinski definition) is 4. The van der Waals surface area contributed by atoms with Gasteiger partial charge in [0.1, 0.15) is 10.9 Å². The second-order valence-electron chi connectivity index (χ2n) is 5.52. The van der Waals surface area contributed by atoms with E-state index in [1.54, 1.807) is 18.2 Å². The topological polar surface area (TPSA) is 69.8 Å². The van der Waals surface area contributed by atoms with Crippen LogP contribution >= 0.6 is 23.2 Å². The molecule has 0 saturated heterocycles. The SMILES string of the molecule is CCCc1cc(Cl)ccc1OC(F)F.Cc1cc(Cl)ncc1C(=N)CC#N. The summed E-state index contributed by atoms with van der Waals surface area (Å²) in [5.41, 5.74) is 2.57. The van der Waals surface area contributed by atoms with E-state index >= 15 is 0 Å². The maximum absolute atomic E-state index is 12.0. The van der Waals surface area contributed by atoms with E-state index in [-0.39, 0.29) is 17.9 Å². The van der Waals surface area contributed by atoms with Gasteiger partial charge in [0, 0.05) is 16.8 Å². The van der Waals surface area contributed by atoms with Gasteiger partial charge in [-0.25, -0.2) is 4.98 Å². The van der Waals surface area contributed by atoms with Crippen molar-refractivity contribution in [3.63, 3.8) is 0 Å². The maximum Gasteiger partial charge on any atom is 0.387 e. The average molecular weight is 414 g/mol. The summed E-state index contributed by atoms with van der Waals surface area (Å²) >= 11 is 11.4. The highest BCUT2D eigenvalue weighted by Gasteiger charge is 2.09. The first-order valence-corrected chi connectivity index (χ1v) is 8.84. The van der Waals surface area contributed by atoms with Crippen molar-refractivity contribution in [3.8, 4) is 11.8 Å². The van der Waals surface area contributed by atoms with Crippen LogP contribution in [-0.4, -0.2) is 17.3 Å². The molecule has 0 unspecified atom stereocenters. The third kappa shape index (κ3) is 7.90. The summed E-state index contributed by atoms with van der Waals surface area (Å²) in [6.07, 6.45) is 3.17. The van der Waals surface area contributed by atoms with Gasteiger partial charge in [-0.15, -0.1) is 0 Å². The maximum atomic E-state index is 12.0. The van der Waals surface area contributed by atoms with Crippen molar-refractivity contribution in [1.82, 2.24) is 4.98 Å². The van der Waals surface area contributed by atoms with Crippen LogP contribution in [0, 0.1) is 23.7 Å². The molecule has 2 rings (SSSR count). The van der Waals surface area contributed by atoms with E-state index in [1.165, 1.54) is 12.3 Å². The molecule has 1 heterocycles. The highest BCUT2D eigenvalue weighted by Crippen LogP contribution is 2.25. The van der Waals surface area contributed by atoms with Gasteiger partial charge in [0.05, 0.1) is 18.2 Å². The normalized spacial score (nSPS) is 10.0. The van der Waals surface area contributed by atoms with Gasteiger partial charge in [-0.2, -0.15) is 14.0 Å². The zero-order valence-corrected chi connectivity index (χ0v) is 16.4. The molecule has 0 aliphatic heterocycles. The molecule has 0 saturated carbocycles. The van der Waals surface area contributed by atoms with Gasteiger partial charge in [-0.1, -0.05) is 36.5 Å². The van der Waals surface area contributed by atoms with Gasteiger partial charge in [0.2, 0.25) is 0 Å². The van der Waals surface area contributed by atoms with E-state index in [1.807, 2.05) is 19.9 Å². The molecule has 144 valence electrons. The summed E-state index contributed by atoms with van der Waals surface area (Å²) in [6.45, 7) is 1.02. The lowest BCUT2D eigenvalue weighted by molar-refractivity contribution is -0.0504. The Balaban J connectivity index is 0.000000271. The fraction of sp³-hybridized carbons (Fsp3) is 0.316. The molecule has 1 N–H and O–H groups in total. The third-order valence-corrected chi connectivity index (χ3v) is 3.86. The smallest absolute Gasteiger partial charge is 0.387 e. The van der Waals surface area contributed by atoms with Gasteiger partial charge in [0.25, 0.3) is 0 Å². The molecule has 4 nitrogen and oxygen atoms in total. The van der Waals surface area contributed by atoms with Crippen LogP contribution in [0.25, 0.3) is 0 Å². The second-order valence-corrected chi connectivity index (χ2v) is 6.34.